The van der Waals surface area contributed by atoms with Crippen molar-refractivity contribution in [3.63, 3.8) is 0 Å². The molecule has 0 fully saturated rings. The monoisotopic (exact) mass is 154 g/mol. The molecule has 0 saturated carbocycles. The number of allylic oxidation sites excluding steroid dienone is 2. The third-order valence-corrected chi connectivity index (χ3v) is 2.00. The smallest absolute Gasteiger partial charge is 0.0299 e. The first-order valence-electron chi connectivity index (χ1n) is 4.77. The van der Waals surface area contributed by atoms with Crippen LogP contribution in [0, 0.1) is 5.41 Å². The van der Waals surface area contributed by atoms with Crippen LogP contribution >= 0.6 is 0 Å². The normalized spacial score (nSPS) is 12.7. The van der Waals surface area contributed by atoms with Gasteiger partial charge in [-0.1, -0.05) is 46.3 Å². The molecule has 0 nitrogen and oxygen atoms in total. The predicted molar refractivity (Wildman–Crippen MR) is 52.7 cm³/mol. The second-order valence-electron chi connectivity index (χ2n) is 4.00. The molecule has 0 bridgehead atoms. The summed E-state index contributed by atoms with van der Waals surface area (Å²) in [5.74, 6) is 0. The zero-order valence-corrected chi connectivity index (χ0v) is 8.48. The molecule has 0 unspecified atom stereocenters. The van der Waals surface area contributed by atoms with E-state index in [0.717, 1.165) is 0 Å². The molecule has 0 heterocycles. The molecule has 0 atom stereocenters. The van der Waals surface area contributed by atoms with Crippen LogP contribution in [0.25, 0.3) is 0 Å². The van der Waals surface area contributed by atoms with Gasteiger partial charge in [0.1, 0.15) is 0 Å². The topological polar surface area (TPSA) is 0 Å². The second-order valence-corrected chi connectivity index (χ2v) is 4.00. The van der Waals surface area contributed by atoms with E-state index >= 15 is 0 Å². The van der Waals surface area contributed by atoms with Gasteiger partial charge >= 0.3 is 0 Å². The minimum atomic E-state index is 0.514. The number of hydrogen-bond acceptors (Lipinski definition) is 0. The molecule has 0 radical (unpaired) electrons. The summed E-state index contributed by atoms with van der Waals surface area (Å²) in [6, 6.07) is 0. The van der Waals surface area contributed by atoms with Gasteiger partial charge in [-0.2, -0.15) is 0 Å². The molecular formula is C11H22. The molecular weight excluding hydrogens is 132 g/mol. The average molecular weight is 154 g/mol. The van der Waals surface area contributed by atoms with Gasteiger partial charge in [0.05, 0.1) is 0 Å². The second kappa shape index (κ2) is 5.40. The van der Waals surface area contributed by atoms with Crippen LogP contribution < -0.4 is 0 Å². The maximum Gasteiger partial charge on any atom is -0.0299 e. The Balaban J connectivity index is 3.62. The maximum absolute atomic E-state index is 2.34. The van der Waals surface area contributed by atoms with Crippen molar-refractivity contribution in [3.8, 4) is 0 Å². The van der Waals surface area contributed by atoms with Gasteiger partial charge in [-0.05, 0) is 24.7 Å². The van der Waals surface area contributed by atoms with Gasteiger partial charge in [0.2, 0.25) is 0 Å². The Labute approximate surface area is 71.7 Å². The molecule has 0 N–H and O–H groups in total. The molecule has 66 valence electrons. The summed E-state index contributed by atoms with van der Waals surface area (Å²) in [7, 11) is 0. The minimum Gasteiger partial charge on any atom is -0.0888 e. The lowest BCUT2D eigenvalue weighted by Gasteiger charge is -2.21. The third-order valence-electron chi connectivity index (χ3n) is 2.00. The summed E-state index contributed by atoms with van der Waals surface area (Å²) in [6.07, 6.45) is 9.61. The van der Waals surface area contributed by atoms with Crippen molar-refractivity contribution in [2.45, 2.75) is 53.4 Å². The van der Waals surface area contributed by atoms with E-state index in [0.29, 0.717) is 5.41 Å². The van der Waals surface area contributed by atoms with Gasteiger partial charge in [0.15, 0.2) is 0 Å². The predicted octanol–water partition coefficient (Wildman–Crippen LogP) is 4.17. The Bertz CT molecular complexity index is 109. The molecule has 0 rings (SSSR count). The fraction of sp³-hybridized carbons (Fsp3) is 0.818. The van der Waals surface area contributed by atoms with Crippen molar-refractivity contribution in [2.24, 2.45) is 5.41 Å². The van der Waals surface area contributed by atoms with Gasteiger partial charge in [0, 0.05) is 0 Å². The lowest BCUT2D eigenvalue weighted by atomic mass is 9.84. The molecule has 11 heavy (non-hydrogen) atoms. The van der Waals surface area contributed by atoms with Crippen LogP contribution in [0.15, 0.2) is 12.2 Å². The lowest BCUT2D eigenvalue weighted by Crippen LogP contribution is -2.08. The Kier molecular flexibility index (Phi) is 5.27. The van der Waals surface area contributed by atoms with Crippen LogP contribution in [-0.2, 0) is 0 Å². The largest absolute Gasteiger partial charge is 0.0888 e. The average Bonchev–Trinajstić information content (AvgIpc) is 1.87. The Morgan fingerprint density at radius 1 is 1.09 bits per heavy atom. The zero-order valence-electron chi connectivity index (χ0n) is 8.48. The summed E-state index contributed by atoms with van der Waals surface area (Å²) in [6.45, 7) is 9.13. The van der Waals surface area contributed by atoms with Crippen molar-refractivity contribution >= 4 is 0 Å². The van der Waals surface area contributed by atoms with Crippen molar-refractivity contribution < 1.29 is 0 Å². The minimum absolute atomic E-state index is 0.514. The highest BCUT2D eigenvalue weighted by atomic mass is 14.2. The molecule has 0 aromatic carbocycles. The van der Waals surface area contributed by atoms with Crippen LogP contribution in [-0.4, -0.2) is 0 Å². The molecule has 0 saturated heterocycles. The van der Waals surface area contributed by atoms with E-state index in [1.54, 1.807) is 0 Å². The Morgan fingerprint density at radius 2 is 1.73 bits per heavy atom. The van der Waals surface area contributed by atoms with E-state index in [1.807, 2.05) is 0 Å². The SMILES string of the molecule is CC/C=C/CC(C)(C)CCC. The lowest BCUT2D eigenvalue weighted by molar-refractivity contribution is 0.335. The number of hydrogen-bond donors (Lipinski definition) is 0. The summed E-state index contributed by atoms with van der Waals surface area (Å²) < 4.78 is 0. The van der Waals surface area contributed by atoms with Gasteiger partial charge in [-0.15, -0.1) is 0 Å². The van der Waals surface area contributed by atoms with E-state index in [2.05, 4.69) is 39.8 Å². The van der Waals surface area contributed by atoms with Gasteiger partial charge < -0.3 is 0 Å². The highest BCUT2D eigenvalue weighted by molar-refractivity contribution is 4.86. The fourth-order valence-electron chi connectivity index (χ4n) is 1.35. The molecule has 0 aliphatic rings. The Hall–Kier alpha value is -0.260. The van der Waals surface area contributed by atoms with Crippen molar-refractivity contribution in [2.75, 3.05) is 0 Å². The van der Waals surface area contributed by atoms with Crippen molar-refractivity contribution in [3.05, 3.63) is 12.2 Å². The van der Waals surface area contributed by atoms with Crippen LogP contribution in [0.4, 0.5) is 0 Å². The van der Waals surface area contributed by atoms with Crippen molar-refractivity contribution in [1.82, 2.24) is 0 Å². The highest BCUT2D eigenvalue weighted by Crippen LogP contribution is 2.26. The van der Waals surface area contributed by atoms with Crippen LogP contribution in [0.2, 0.25) is 0 Å². The highest BCUT2D eigenvalue weighted by Gasteiger charge is 2.13. The first-order chi connectivity index (χ1) is 5.12. The quantitative estimate of drug-likeness (QED) is 0.521. The first-order valence-corrected chi connectivity index (χ1v) is 4.77. The van der Waals surface area contributed by atoms with Crippen LogP contribution in [0.1, 0.15) is 53.4 Å². The van der Waals surface area contributed by atoms with Crippen LogP contribution in [0.5, 0.6) is 0 Å². The number of rotatable bonds is 5. The zero-order chi connectivity index (χ0) is 8.74. The van der Waals surface area contributed by atoms with E-state index in [-0.39, 0.29) is 0 Å². The summed E-state index contributed by atoms with van der Waals surface area (Å²) in [5, 5.41) is 0. The van der Waals surface area contributed by atoms with E-state index < -0.39 is 0 Å². The van der Waals surface area contributed by atoms with Crippen molar-refractivity contribution in [1.29, 1.82) is 0 Å². The molecule has 0 spiro atoms. The molecule has 0 aromatic heterocycles. The summed E-state index contributed by atoms with van der Waals surface area (Å²) >= 11 is 0. The maximum atomic E-state index is 2.34. The molecule has 0 heteroatoms. The van der Waals surface area contributed by atoms with Crippen LogP contribution in [0.3, 0.4) is 0 Å². The van der Waals surface area contributed by atoms with Gasteiger partial charge in [0.25, 0.3) is 0 Å². The summed E-state index contributed by atoms with van der Waals surface area (Å²) in [4.78, 5) is 0. The molecule has 0 aromatic rings. The standard InChI is InChI=1S/C11H22/c1-5-7-8-10-11(3,4)9-6-2/h7-8H,5-6,9-10H2,1-4H3/b8-7+. The van der Waals surface area contributed by atoms with Gasteiger partial charge in [-0.25, -0.2) is 0 Å². The first kappa shape index (κ1) is 10.7. The van der Waals surface area contributed by atoms with E-state index in [1.165, 1.54) is 25.7 Å². The Morgan fingerprint density at radius 3 is 2.18 bits per heavy atom. The summed E-state index contributed by atoms with van der Waals surface area (Å²) in [5.41, 5.74) is 0.514. The fourth-order valence-corrected chi connectivity index (χ4v) is 1.35. The van der Waals surface area contributed by atoms with E-state index in [4.69, 9.17) is 0 Å². The van der Waals surface area contributed by atoms with Gasteiger partial charge in [-0.3, -0.25) is 0 Å². The molecule has 0 amide bonds. The molecule has 0 aliphatic carbocycles. The molecule has 0 aliphatic heterocycles. The van der Waals surface area contributed by atoms with E-state index in [9.17, 15) is 0 Å². The third kappa shape index (κ3) is 6.15.